The maximum atomic E-state index is 5.06. The van der Waals surface area contributed by atoms with Gasteiger partial charge in [-0.25, -0.2) is 4.98 Å². The Bertz CT molecular complexity index is 2980. The highest BCUT2D eigenvalue weighted by molar-refractivity contribution is 6.10. The normalized spacial score (nSPS) is 14.0. The Balaban J connectivity index is 1.29. The van der Waals surface area contributed by atoms with Crippen LogP contribution in [0.5, 0.6) is 0 Å². The van der Waals surface area contributed by atoms with Gasteiger partial charge in [0, 0.05) is 89.3 Å². The maximum Gasteiger partial charge on any atom is 0.150 e. The molecule has 0 amide bonds. The first-order valence-corrected chi connectivity index (χ1v) is 23.3. The molecule has 8 aromatic rings. The molecule has 5 nitrogen and oxygen atoms in total. The molecule has 3 heterocycles. The molecule has 0 atom stereocenters. The van der Waals surface area contributed by atoms with Gasteiger partial charge in [0.1, 0.15) is 22.9 Å². The van der Waals surface area contributed by atoms with Crippen molar-refractivity contribution in [2.75, 3.05) is 16.5 Å². The molecule has 1 aliphatic rings. The van der Waals surface area contributed by atoms with Gasteiger partial charge < -0.3 is 9.80 Å². The van der Waals surface area contributed by atoms with Crippen molar-refractivity contribution in [3.63, 3.8) is 0 Å². The van der Waals surface area contributed by atoms with Crippen molar-refractivity contribution < 1.29 is 0 Å². The minimum atomic E-state index is -0.139. The largest absolute Gasteiger partial charge is 0.328 e. The summed E-state index contributed by atoms with van der Waals surface area (Å²) < 4.78 is 2.74. The van der Waals surface area contributed by atoms with Gasteiger partial charge >= 0.3 is 0 Å². The van der Waals surface area contributed by atoms with Crippen LogP contribution in [0.2, 0.25) is 0 Å². The Hall–Kier alpha value is -6.43. The number of rotatable bonds is 7. The molecule has 0 radical (unpaired) electrons. The summed E-state index contributed by atoms with van der Waals surface area (Å²) in [4.78, 5) is 9.88. The Morgan fingerprint density at radius 1 is 0.400 bits per heavy atom. The van der Waals surface area contributed by atoms with Gasteiger partial charge in [-0.3, -0.25) is 4.57 Å². The molecule has 65 heavy (non-hydrogen) atoms. The highest BCUT2D eigenvalue weighted by Crippen LogP contribution is 2.54. The van der Waals surface area contributed by atoms with Gasteiger partial charge in [-0.2, -0.15) is 4.48 Å². The zero-order chi connectivity index (χ0) is 46.1. The number of aromatic nitrogens is 2. The lowest BCUT2D eigenvalue weighted by Crippen LogP contribution is -2.34. The molecular formula is C60H66N5+. The van der Waals surface area contributed by atoms with Crippen molar-refractivity contribution in [3.8, 4) is 5.82 Å². The number of pyridine rings is 1. The summed E-state index contributed by atoms with van der Waals surface area (Å²) in [6.07, 6.45) is 6.48. The molecule has 1 aliphatic heterocycles. The van der Waals surface area contributed by atoms with Crippen LogP contribution in [-0.4, -0.2) is 16.2 Å². The van der Waals surface area contributed by atoms with Gasteiger partial charge in [0.25, 0.3) is 0 Å². The van der Waals surface area contributed by atoms with E-state index in [0.717, 1.165) is 45.3 Å². The van der Waals surface area contributed by atoms with E-state index in [1.165, 1.54) is 38.7 Å². The third kappa shape index (κ3) is 8.05. The average Bonchev–Trinajstić information content (AvgIpc) is 3.90. The van der Waals surface area contributed by atoms with Crippen LogP contribution in [0.25, 0.3) is 27.6 Å². The molecule has 0 bridgehead atoms. The number of fused-ring (bicyclic) bond motifs is 3. The lowest BCUT2D eigenvalue weighted by molar-refractivity contribution is 0.568. The zero-order valence-electron chi connectivity index (χ0n) is 40.6. The van der Waals surface area contributed by atoms with Crippen LogP contribution in [0.3, 0.4) is 0 Å². The summed E-state index contributed by atoms with van der Waals surface area (Å²) in [5.74, 6) is 0.920. The molecule has 0 N–H and O–H groups in total. The van der Waals surface area contributed by atoms with E-state index in [1.807, 2.05) is 6.20 Å². The van der Waals surface area contributed by atoms with Crippen molar-refractivity contribution in [3.05, 3.63) is 193 Å². The van der Waals surface area contributed by atoms with E-state index in [4.69, 9.17) is 4.98 Å². The summed E-state index contributed by atoms with van der Waals surface area (Å²) in [5.41, 5.74) is 14.3. The summed E-state index contributed by atoms with van der Waals surface area (Å²) >= 11 is 0. The molecule has 6 aromatic carbocycles. The van der Waals surface area contributed by atoms with E-state index in [1.54, 1.807) is 0 Å². The van der Waals surface area contributed by atoms with Crippen LogP contribution in [0, 0.1) is 0 Å². The second kappa shape index (κ2) is 15.9. The predicted molar refractivity (Wildman–Crippen MR) is 279 cm³/mol. The van der Waals surface area contributed by atoms with Gasteiger partial charge in [0.15, 0.2) is 5.69 Å². The second-order valence-corrected chi connectivity index (χ2v) is 22.2. The molecule has 9 rings (SSSR count). The number of quaternary nitrogens is 1. The topological polar surface area (TPSA) is 24.3 Å². The minimum absolute atomic E-state index is 0.0234. The van der Waals surface area contributed by atoms with E-state index >= 15 is 0 Å². The molecular weight excluding hydrogens is 791 g/mol. The molecule has 0 saturated heterocycles. The number of hydrogen-bond donors (Lipinski definition) is 0. The number of anilines is 2. The Kier molecular flexibility index (Phi) is 10.7. The molecule has 330 valence electrons. The van der Waals surface area contributed by atoms with Crippen LogP contribution in [-0.2, 0) is 21.7 Å². The standard InChI is InChI=1S/C60H66N5/c1-57(2,3)42-29-30-61-56(38-42)64-54-26-20-19-25-52(54)53-28-27-50(40-55(53)64)65(48-21-15-13-16-22-48,49-23-17-14-18-24-49)51-37-45(60(10,11)12)36-47(39-51)63-32-31-62(41-63)46-34-43(58(4,5)6)33-44(35-46)59(7,8)9/h13-40H,41H2,1-12H3/q+1. The zero-order valence-corrected chi connectivity index (χ0v) is 40.6. The van der Waals surface area contributed by atoms with E-state index in [0.29, 0.717) is 11.2 Å². The highest BCUT2D eigenvalue weighted by Gasteiger charge is 2.41. The third-order valence-corrected chi connectivity index (χ3v) is 13.4. The van der Waals surface area contributed by atoms with E-state index < -0.39 is 0 Å². The molecule has 0 spiro atoms. The van der Waals surface area contributed by atoms with Crippen molar-refractivity contribution in [2.45, 2.75) is 105 Å². The second-order valence-electron chi connectivity index (χ2n) is 22.2. The summed E-state index contributed by atoms with van der Waals surface area (Å²) in [6, 6.07) is 56.9. The van der Waals surface area contributed by atoms with Crippen LogP contribution >= 0.6 is 0 Å². The molecule has 0 fully saturated rings. The van der Waals surface area contributed by atoms with Crippen LogP contribution in [0.1, 0.15) is 105 Å². The van der Waals surface area contributed by atoms with Gasteiger partial charge in [0.05, 0.1) is 17.7 Å². The summed E-state index contributed by atoms with van der Waals surface area (Å²) in [6.45, 7) is 28.4. The lowest BCUT2D eigenvalue weighted by atomic mass is 9.80. The predicted octanol–water partition coefficient (Wildman–Crippen LogP) is 16.4. The van der Waals surface area contributed by atoms with Crippen LogP contribution in [0.15, 0.2) is 170 Å². The maximum absolute atomic E-state index is 5.06. The van der Waals surface area contributed by atoms with E-state index in [2.05, 4.69) is 262 Å². The van der Waals surface area contributed by atoms with Gasteiger partial charge in [-0.15, -0.1) is 0 Å². The van der Waals surface area contributed by atoms with Crippen LogP contribution in [0.4, 0.5) is 34.1 Å². The number of benzene rings is 6. The number of nitrogens with zero attached hydrogens (tertiary/aromatic N) is 5. The highest BCUT2D eigenvalue weighted by atomic mass is 15.4. The summed E-state index contributed by atoms with van der Waals surface area (Å²) in [7, 11) is 0. The van der Waals surface area contributed by atoms with E-state index in [-0.39, 0.29) is 21.7 Å². The SMILES string of the molecule is CC(C)(C)c1cc(N2C=CN(c3cc(C(C)(C)C)cc([N+](c4ccccc4)(c4ccccc4)c4ccc5c6ccccc6n(-c6cc(C(C)(C)C)ccn6)c5c4)c3)C2)cc(C(C)(C)C)c1. The number of para-hydroxylation sites is 3. The fraction of sp³-hybridized carbons (Fsp3) is 0.283. The molecule has 2 aromatic heterocycles. The smallest absolute Gasteiger partial charge is 0.150 e. The fourth-order valence-corrected chi connectivity index (χ4v) is 9.40. The molecule has 0 saturated carbocycles. The Morgan fingerprint density at radius 3 is 1.45 bits per heavy atom. The van der Waals surface area contributed by atoms with Gasteiger partial charge in [0.2, 0.25) is 0 Å². The monoisotopic (exact) mass is 857 g/mol. The van der Waals surface area contributed by atoms with Gasteiger partial charge in [-0.1, -0.05) is 144 Å². The lowest BCUT2D eigenvalue weighted by Gasteiger charge is -2.38. The van der Waals surface area contributed by atoms with Crippen LogP contribution < -0.4 is 14.3 Å². The van der Waals surface area contributed by atoms with Crippen molar-refractivity contribution in [1.82, 2.24) is 14.0 Å². The molecule has 0 aliphatic carbocycles. The van der Waals surface area contributed by atoms with E-state index in [9.17, 15) is 0 Å². The summed E-state index contributed by atoms with van der Waals surface area (Å²) in [5, 5.41) is 2.41. The molecule has 0 unspecified atom stereocenters. The number of hydrogen-bond acceptors (Lipinski definition) is 3. The first-order valence-electron chi connectivity index (χ1n) is 23.3. The Morgan fingerprint density at radius 2 is 0.892 bits per heavy atom. The minimum Gasteiger partial charge on any atom is -0.328 e. The van der Waals surface area contributed by atoms with Crippen molar-refractivity contribution >= 4 is 55.9 Å². The molecule has 5 heteroatoms. The quantitative estimate of drug-likeness (QED) is 0.149. The Labute approximate surface area is 387 Å². The first-order chi connectivity index (χ1) is 30.7. The fourth-order valence-electron chi connectivity index (χ4n) is 9.40. The average molecular weight is 857 g/mol. The van der Waals surface area contributed by atoms with Crippen molar-refractivity contribution in [1.29, 1.82) is 0 Å². The first kappa shape index (κ1) is 43.8. The van der Waals surface area contributed by atoms with Crippen molar-refractivity contribution in [2.24, 2.45) is 0 Å². The third-order valence-electron chi connectivity index (χ3n) is 13.4. The van der Waals surface area contributed by atoms with Gasteiger partial charge in [-0.05, 0) is 86.4 Å².